The normalized spacial score (nSPS) is 11.9. The number of hydrogen-bond acceptors (Lipinski definition) is 5. The molecule has 0 radical (unpaired) electrons. The van der Waals surface area contributed by atoms with Crippen molar-refractivity contribution in [1.29, 1.82) is 0 Å². The molecule has 19 heavy (non-hydrogen) atoms. The number of thiophene rings is 2. The van der Waals surface area contributed by atoms with Crippen LogP contribution >= 0.6 is 22.7 Å². The Morgan fingerprint density at radius 1 is 1.11 bits per heavy atom. The fourth-order valence-electron chi connectivity index (χ4n) is 1.56. The molecule has 0 amide bonds. The van der Waals surface area contributed by atoms with E-state index in [4.69, 9.17) is 5.73 Å². The van der Waals surface area contributed by atoms with E-state index in [9.17, 15) is 8.42 Å². The first-order chi connectivity index (χ1) is 9.05. The summed E-state index contributed by atoms with van der Waals surface area (Å²) in [5.41, 5.74) is 5.49. The third kappa shape index (κ3) is 3.64. The van der Waals surface area contributed by atoms with Crippen molar-refractivity contribution < 1.29 is 8.42 Å². The summed E-state index contributed by atoms with van der Waals surface area (Å²) in [4.78, 5) is 3.15. The standard InChI is InChI=1S/C12H16N2O2S3/c1-2-9-3-4-11(17-9)8-14-19(15,16)12-6-5-10(7-13)18-12/h3-6,14H,2,7-8,13H2,1H3. The molecule has 0 saturated heterocycles. The summed E-state index contributed by atoms with van der Waals surface area (Å²) in [5.74, 6) is 0. The molecule has 0 bridgehead atoms. The highest BCUT2D eigenvalue weighted by molar-refractivity contribution is 7.91. The van der Waals surface area contributed by atoms with E-state index >= 15 is 0 Å². The fraction of sp³-hybridized carbons (Fsp3) is 0.333. The molecule has 7 heteroatoms. The zero-order valence-corrected chi connectivity index (χ0v) is 13.0. The van der Waals surface area contributed by atoms with Gasteiger partial charge < -0.3 is 5.73 Å². The minimum absolute atomic E-state index is 0.320. The van der Waals surface area contributed by atoms with Gasteiger partial charge in [0.25, 0.3) is 0 Å². The van der Waals surface area contributed by atoms with Gasteiger partial charge in [-0.1, -0.05) is 6.92 Å². The summed E-state index contributed by atoms with van der Waals surface area (Å²) < 4.78 is 27.1. The number of aryl methyl sites for hydroxylation is 1. The minimum Gasteiger partial charge on any atom is -0.326 e. The van der Waals surface area contributed by atoms with E-state index in [0.717, 1.165) is 16.2 Å². The first-order valence-corrected chi connectivity index (χ1v) is 9.03. The van der Waals surface area contributed by atoms with Crippen molar-refractivity contribution in [3.63, 3.8) is 0 Å². The maximum atomic E-state index is 12.1. The van der Waals surface area contributed by atoms with Gasteiger partial charge in [0.2, 0.25) is 10.0 Å². The Morgan fingerprint density at radius 3 is 2.37 bits per heavy atom. The Balaban J connectivity index is 2.05. The van der Waals surface area contributed by atoms with E-state index in [-0.39, 0.29) is 0 Å². The molecule has 0 fully saturated rings. The Bertz CT molecular complexity index is 643. The van der Waals surface area contributed by atoms with Crippen LogP contribution in [0, 0.1) is 0 Å². The maximum absolute atomic E-state index is 12.1. The summed E-state index contributed by atoms with van der Waals surface area (Å²) in [5, 5.41) is 0. The monoisotopic (exact) mass is 316 g/mol. The van der Waals surface area contributed by atoms with Gasteiger partial charge >= 0.3 is 0 Å². The molecule has 0 unspecified atom stereocenters. The number of nitrogens with two attached hydrogens (primary N) is 1. The van der Waals surface area contributed by atoms with Gasteiger partial charge in [0, 0.05) is 27.7 Å². The Labute approximate surface area is 121 Å². The lowest BCUT2D eigenvalue weighted by molar-refractivity contribution is 0.584. The van der Waals surface area contributed by atoms with Crippen molar-refractivity contribution in [3.05, 3.63) is 38.9 Å². The zero-order valence-electron chi connectivity index (χ0n) is 10.5. The van der Waals surface area contributed by atoms with Gasteiger partial charge in [-0.05, 0) is 30.7 Å². The Hall–Kier alpha value is -0.730. The van der Waals surface area contributed by atoms with Crippen LogP contribution in [0.25, 0.3) is 0 Å². The lowest BCUT2D eigenvalue weighted by Crippen LogP contribution is -2.21. The molecule has 0 aliphatic carbocycles. The third-order valence-electron chi connectivity index (χ3n) is 2.61. The molecule has 3 N–H and O–H groups in total. The molecule has 2 aromatic heterocycles. The average molecular weight is 316 g/mol. The molecule has 2 aromatic rings. The summed E-state index contributed by atoms with van der Waals surface area (Å²) in [7, 11) is -3.43. The third-order valence-corrected chi connectivity index (χ3v) is 6.84. The van der Waals surface area contributed by atoms with Crippen LogP contribution in [0.1, 0.15) is 21.6 Å². The molecule has 4 nitrogen and oxygen atoms in total. The first-order valence-electron chi connectivity index (χ1n) is 5.91. The zero-order chi connectivity index (χ0) is 13.9. The predicted octanol–water partition coefficient (Wildman–Crippen LogP) is 2.31. The summed E-state index contributed by atoms with van der Waals surface area (Å²) in [6, 6.07) is 7.35. The minimum atomic E-state index is -3.43. The Kier molecular flexibility index (Phi) is 4.75. The molecule has 2 rings (SSSR count). The second-order valence-corrected chi connectivity index (χ2v) is 8.39. The van der Waals surface area contributed by atoms with Crippen LogP contribution in [0.15, 0.2) is 28.5 Å². The van der Waals surface area contributed by atoms with Crippen molar-refractivity contribution >= 4 is 32.7 Å². The smallest absolute Gasteiger partial charge is 0.250 e. The van der Waals surface area contributed by atoms with Crippen LogP contribution in [0.2, 0.25) is 0 Å². The SMILES string of the molecule is CCc1ccc(CNS(=O)(=O)c2ccc(CN)s2)s1. The van der Waals surface area contributed by atoms with Gasteiger partial charge in [0.05, 0.1) is 0 Å². The van der Waals surface area contributed by atoms with Crippen molar-refractivity contribution in [1.82, 2.24) is 4.72 Å². The van der Waals surface area contributed by atoms with E-state index in [1.54, 1.807) is 23.5 Å². The van der Waals surface area contributed by atoms with Crippen molar-refractivity contribution in [2.45, 2.75) is 30.6 Å². The van der Waals surface area contributed by atoms with E-state index in [2.05, 4.69) is 11.6 Å². The van der Waals surface area contributed by atoms with Crippen molar-refractivity contribution in [2.24, 2.45) is 5.73 Å². The van der Waals surface area contributed by atoms with Crippen LogP contribution in [0.5, 0.6) is 0 Å². The molecular weight excluding hydrogens is 300 g/mol. The molecule has 0 aliphatic heterocycles. The lowest BCUT2D eigenvalue weighted by atomic mass is 10.4. The molecule has 0 aliphatic rings. The van der Waals surface area contributed by atoms with Crippen molar-refractivity contribution in [2.75, 3.05) is 0 Å². The number of rotatable bonds is 6. The van der Waals surface area contributed by atoms with Crippen LogP contribution in [-0.2, 0) is 29.5 Å². The number of nitrogens with one attached hydrogen (secondary N) is 1. The second kappa shape index (κ2) is 6.15. The largest absolute Gasteiger partial charge is 0.326 e. The molecule has 0 saturated carbocycles. The van der Waals surface area contributed by atoms with Gasteiger partial charge in [-0.15, -0.1) is 22.7 Å². The lowest BCUT2D eigenvalue weighted by Gasteiger charge is -2.02. The second-order valence-electron chi connectivity index (χ2n) is 3.97. The number of hydrogen-bond donors (Lipinski definition) is 2. The van der Waals surface area contributed by atoms with Gasteiger partial charge in [-0.25, -0.2) is 13.1 Å². The first kappa shape index (κ1) is 14.7. The molecule has 104 valence electrons. The topological polar surface area (TPSA) is 72.2 Å². The fourth-order valence-corrected chi connectivity index (χ4v) is 4.83. The van der Waals surface area contributed by atoms with Gasteiger partial charge in [0.15, 0.2) is 0 Å². The van der Waals surface area contributed by atoms with Crippen LogP contribution in [0.4, 0.5) is 0 Å². The van der Waals surface area contributed by atoms with Gasteiger partial charge in [0.1, 0.15) is 4.21 Å². The molecular formula is C12H16N2O2S3. The average Bonchev–Trinajstić information content (AvgIpc) is 3.05. The van der Waals surface area contributed by atoms with Crippen molar-refractivity contribution in [3.8, 4) is 0 Å². The summed E-state index contributed by atoms with van der Waals surface area (Å²) >= 11 is 2.85. The van der Waals surface area contributed by atoms with E-state index in [1.165, 1.54) is 16.2 Å². The van der Waals surface area contributed by atoms with E-state index in [1.807, 2.05) is 12.1 Å². The van der Waals surface area contributed by atoms with E-state index in [0.29, 0.717) is 17.3 Å². The van der Waals surface area contributed by atoms with Crippen LogP contribution in [-0.4, -0.2) is 8.42 Å². The quantitative estimate of drug-likeness (QED) is 0.859. The van der Waals surface area contributed by atoms with Gasteiger partial charge in [-0.3, -0.25) is 0 Å². The van der Waals surface area contributed by atoms with Crippen LogP contribution < -0.4 is 10.5 Å². The molecule has 0 atom stereocenters. The van der Waals surface area contributed by atoms with E-state index < -0.39 is 10.0 Å². The highest BCUT2D eigenvalue weighted by atomic mass is 32.2. The highest BCUT2D eigenvalue weighted by Gasteiger charge is 2.16. The maximum Gasteiger partial charge on any atom is 0.250 e. The molecule has 2 heterocycles. The van der Waals surface area contributed by atoms with Gasteiger partial charge in [-0.2, -0.15) is 0 Å². The predicted molar refractivity (Wildman–Crippen MR) is 79.9 cm³/mol. The summed E-state index contributed by atoms with van der Waals surface area (Å²) in [6.07, 6.45) is 0.974. The van der Waals surface area contributed by atoms with Crippen LogP contribution in [0.3, 0.4) is 0 Å². The highest BCUT2D eigenvalue weighted by Crippen LogP contribution is 2.22. The molecule has 0 spiro atoms. The number of sulfonamides is 1. The summed E-state index contributed by atoms with van der Waals surface area (Å²) in [6.45, 7) is 2.79. The molecule has 0 aromatic carbocycles. The Morgan fingerprint density at radius 2 is 1.79 bits per heavy atom.